The summed E-state index contributed by atoms with van der Waals surface area (Å²) in [4.78, 5) is 12.1. The number of hydrogen-bond acceptors (Lipinski definition) is 3. The first-order chi connectivity index (χ1) is 8.59. The Morgan fingerprint density at radius 3 is 2.78 bits per heavy atom. The minimum Gasteiger partial charge on any atom is -0.388 e. The molecule has 0 radical (unpaired) electrons. The molecule has 2 fully saturated rings. The van der Waals surface area contributed by atoms with E-state index < -0.39 is 5.60 Å². The van der Waals surface area contributed by atoms with Gasteiger partial charge in [-0.05, 0) is 39.2 Å². The van der Waals surface area contributed by atoms with Crippen LogP contribution < -0.4 is 10.6 Å². The van der Waals surface area contributed by atoms with Gasteiger partial charge in [0, 0.05) is 18.5 Å². The van der Waals surface area contributed by atoms with E-state index in [0.717, 1.165) is 45.1 Å². The van der Waals surface area contributed by atoms with Gasteiger partial charge in [-0.25, -0.2) is 0 Å². The molecule has 1 aliphatic carbocycles. The number of carbonyl (C=O) groups excluding carboxylic acids is 1. The molecule has 1 aliphatic heterocycles. The lowest BCUT2D eigenvalue weighted by Gasteiger charge is -2.33. The summed E-state index contributed by atoms with van der Waals surface area (Å²) in [7, 11) is 0. The summed E-state index contributed by atoms with van der Waals surface area (Å²) in [5.74, 6) is 0.246. The molecular formula is C14H26N2O2. The Balaban J connectivity index is 1.76. The van der Waals surface area contributed by atoms with Gasteiger partial charge in [-0.1, -0.05) is 19.3 Å². The van der Waals surface area contributed by atoms with Crippen molar-refractivity contribution in [2.75, 3.05) is 13.1 Å². The fraction of sp³-hybridized carbons (Fsp3) is 0.929. The Kier molecular flexibility index (Phi) is 4.62. The van der Waals surface area contributed by atoms with Crippen LogP contribution in [0.2, 0.25) is 0 Å². The minimum absolute atomic E-state index is 0.119. The minimum atomic E-state index is -0.646. The lowest BCUT2D eigenvalue weighted by molar-refractivity contribution is -0.127. The van der Waals surface area contributed by atoms with Crippen LogP contribution in [0.25, 0.3) is 0 Å². The zero-order valence-electron chi connectivity index (χ0n) is 11.4. The van der Waals surface area contributed by atoms with Crippen LogP contribution in [0, 0.1) is 5.92 Å². The molecule has 1 saturated carbocycles. The van der Waals surface area contributed by atoms with E-state index in [1.807, 2.05) is 0 Å². The number of rotatable bonds is 3. The molecule has 2 unspecified atom stereocenters. The molecule has 0 spiro atoms. The first kappa shape index (κ1) is 13.8. The Bertz CT molecular complexity index is 288. The highest BCUT2D eigenvalue weighted by Crippen LogP contribution is 2.27. The van der Waals surface area contributed by atoms with Gasteiger partial charge in [0.05, 0.1) is 5.60 Å². The van der Waals surface area contributed by atoms with E-state index in [9.17, 15) is 9.90 Å². The summed E-state index contributed by atoms with van der Waals surface area (Å²) in [5, 5.41) is 16.7. The lowest BCUT2D eigenvalue weighted by Crippen LogP contribution is -2.48. The molecule has 104 valence electrons. The summed E-state index contributed by atoms with van der Waals surface area (Å²) in [6, 6.07) is 0.423. The average molecular weight is 254 g/mol. The molecule has 2 atom stereocenters. The van der Waals surface area contributed by atoms with Gasteiger partial charge >= 0.3 is 0 Å². The van der Waals surface area contributed by atoms with E-state index in [1.165, 1.54) is 6.42 Å². The van der Waals surface area contributed by atoms with E-state index in [2.05, 4.69) is 17.6 Å². The normalized spacial score (nSPS) is 31.9. The van der Waals surface area contributed by atoms with Gasteiger partial charge in [0.1, 0.15) is 0 Å². The van der Waals surface area contributed by atoms with Crippen molar-refractivity contribution in [3.63, 3.8) is 0 Å². The molecule has 0 bridgehead atoms. The van der Waals surface area contributed by atoms with Crippen molar-refractivity contribution >= 4 is 5.91 Å². The van der Waals surface area contributed by atoms with Crippen molar-refractivity contribution in [3.8, 4) is 0 Å². The zero-order valence-corrected chi connectivity index (χ0v) is 11.4. The second kappa shape index (κ2) is 6.02. The molecule has 0 aromatic carbocycles. The van der Waals surface area contributed by atoms with Gasteiger partial charge in [-0.2, -0.15) is 0 Å². The summed E-state index contributed by atoms with van der Waals surface area (Å²) >= 11 is 0. The monoisotopic (exact) mass is 254 g/mol. The average Bonchev–Trinajstić information content (AvgIpc) is 2.37. The molecule has 2 rings (SSSR count). The highest BCUT2D eigenvalue weighted by Gasteiger charge is 2.31. The molecule has 4 heteroatoms. The molecule has 4 nitrogen and oxygen atoms in total. The third kappa shape index (κ3) is 3.69. The molecule has 1 saturated heterocycles. The SMILES string of the molecule is CC1CC(C(=O)NCC2(O)CCCCC2)CCN1. The molecule has 18 heavy (non-hydrogen) atoms. The van der Waals surface area contributed by atoms with Crippen LogP contribution in [0.3, 0.4) is 0 Å². The first-order valence-electron chi connectivity index (χ1n) is 7.32. The van der Waals surface area contributed by atoms with Crippen molar-refractivity contribution in [2.24, 2.45) is 5.92 Å². The Hall–Kier alpha value is -0.610. The summed E-state index contributed by atoms with van der Waals surface area (Å²) in [6.45, 7) is 3.47. The van der Waals surface area contributed by atoms with Crippen LogP contribution in [-0.2, 0) is 4.79 Å². The topological polar surface area (TPSA) is 61.4 Å². The summed E-state index contributed by atoms with van der Waals surface area (Å²) in [5.41, 5.74) is -0.646. The van der Waals surface area contributed by atoms with Gasteiger partial charge in [0.25, 0.3) is 0 Å². The molecule has 1 heterocycles. The number of carbonyl (C=O) groups is 1. The quantitative estimate of drug-likeness (QED) is 0.709. The van der Waals surface area contributed by atoms with Gasteiger partial charge < -0.3 is 15.7 Å². The van der Waals surface area contributed by atoms with Crippen LogP contribution in [0.1, 0.15) is 51.9 Å². The highest BCUT2D eigenvalue weighted by atomic mass is 16.3. The van der Waals surface area contributed by atoms with Crippen molar-refractivity contribution in [1.82, 2.24) is 10.6 Å². The molecule has 0 aromatic heterocycles. The number of nitrogens with one attached hydrogen (secondary N) is 2. The summed E-state index contributed by atoms with van der Waals surface area (Å²) < 4.78 is 0. The molecule has 1 amide bonds. The van der Waals surface area contributed by atoms with Crippen LogP contribution in [0.5, 0.6) is 0 Å². The fourth-order valence-electron chi connectivity index (χ4n) is 3.15. The Morgan fingerprint density at radius 2 is 2.11 bits per heavy atom. The predicted molar refractivity (Wildman–Crippen MR) is 71.2 cm³/mol. The number of amides is 1. The first-order valence-corrected chi connectivity index (χ1v) is 7.32. The lowest BCUT2D eigenvalue weighted by atomic mass is 9.84. The number of aliphatic hydroxyl groups is 1. The molecule has 2 aliphatic rings. The predicted octanol–water partition coefficient (Wildman–Crippen LogP) is 1.19. The van der Waals surface area contributed by atoms with Crippen molar-refractivity contribution in [3.05, 3.63) is 0 Å². The van der Waals surface area contributed by atoms with Gasteiger partial charge in [0.2, 0.25) is 5.91 Å². The van der Waals surface area contributed by atoms with Gasteiger partial charge in [-0.15, -0.1) is 0 Å². The second-order valence-corrected chi connectivity index (χ2v) is 6.08. The largest absolute Gasteiger partial charge is 0.388 e. The van der Waals surface area contributed by atoms with Crippen LogP contribution in [0.4, 0.5) is 0 Å². The van der Waals surface area contributed by atoms with Gasteiger partial charge in [0.15, 0.2) is 0 Å². The second-order valence-electron chi connectivity index (χ2n) is 6.08. The number of hydrogen-bond donors (Lipinski definition) is 3. The zero-order chi connectivity index (χ0) is 13.0. The van der Waals surface area contributed by atoms with Crippen LogP contribution >= 0.6 is 0 Å². The Labute approximate surface area is 110 Å². The van der Waals surface area contributed by atoms with E-state index >= 15 is 0 Å². The van der Waals surface area contributed by atoms with E-state index in [-0.39, 0.29) is 11.8 Å². The smallest absolute Gasteiger partial charge is 0.223 e. The number of piperidine rings is 1. The van der Waals surface area contributed by atoms with Crippen molar-refractivity contribution in [2.45, 2.75) is 63.5 Å². The van der Waals surface area contributed by atoms with Crippen molar-refractivity contribution in [1.29, 1.82) is 0 Å². The van der Waals surface area contributed by atoms with Crippen molar-refractivity contribution < 1.29 is 9.90 Å². The molecular weight excluding hydrogens is 228 g/mol. The fourth-order valence-corrected chi connectivity index (χ4v) is 3.15. The summed E-state index contributed by atoms with van der Waals surface area (Å²) in [6.07, 6.45) is 6.85. The molecule has 0 aromatic rings. The van der Waals surface area contributed by atoms with E-state index in [1.54, 1.807) is 0 Å². The van der Waals surface area contributed by atoms with Gasteiger partial charge in [-0.3, -0.25) is 4.79 Å². The standard InChI is InChI=1S/C14H26N2O2/c1-11-9-12(5-8-15-11)13(17)16-10-14(18)6-3-2-4-7-14/h11-12,15,18H,2-10H2,1H3,(H,16,17). The highest BCUT2D eigenvalue weighted by molar-refractivity contribution is 5.78. The van der Waals surface area contributed by atoms with Crippen LogP contribution in [-0.4, -0.2) is 35.7 Å². The van der Waals surface area contributed by atoms with E-state index in [4.69, 9.17) is 0 Å². The third-order valence-corrected chi connectivity index (χ3v) is 4.37. The maximum atomic E-state index is 12.1. The Morgan fingerprint density at radius 1 is 1.39 bits per heavy atom. The third-order valence-electron chi connectivity index (χ3n) is 4.37. The molecule has 3 N–H and O–H groups in total. The maximum Gasteiger partial charge on any atom is 0.223 e. The van der Waals surface area contributed by atoms with E-state index in [0.29, 0.717) is 12.6 Å². The maximum absolute atomic E-state index is 12.1. The van der Waals surface area contributed by atoms with Crippen LogP contribution in [0.15, 0.2) is 0 Å².